The maximum Gasteiger partial charge on any atom is 0.128 e. The quantitative estimate of drug-likeness (QED) is 0.283. The summed E-state index contributed by atoms with van der Waals surface area (Å²) < 4.78 is 0. The number of hydrogen-bond acceptors (Lipinski definition) is 0. The lowest BCUT2D eigenvalue weighted by molar-refractivity contribution is 1.04. The monoisotopic (exact) mass is 468 g/mol. The van der Waals surface area contributed by atoms with Gasteiger partial charge in [-0.2, -0.15) is 0 Å². The molecule has 0 fully saturated rings. The van der Waals surface area contributed by atoms with Crippen molar-refractivity contribution in [3.63, 3.8) is 0 Å². The summed E-state index contributed by atoms with van der Waals surface area (Å²) in [5.41, 5.74) is 1.92. The maximum absolute atomic E-state index is 2.34. The van der Waals surface area contributed by atoms with Gasteiger partial charge >= 0.3 is 0 Å². The van der Waals surface area contributed by atoms with Crippen molar-refractivity contribution in [1.29, 1.82) is 0 Å². The van der Waals surface area contributed by atoms with Gasteiger partial charge in [0.2, 0.25) is 0 Å². The Morgan fingerprint density at radius 1 is 0.382 bits per heavy atom. The van der Waals surface area contributed by atoms with Crippen molar-refractivity contribution in [3.8, 4) is 0 Å². The Bertz CT molecular complexity index is 1180. The summed E-state index contributed by atoms with van der Waals surface area (Å²) in [4.78, 5) is 0. The highest BCUT2D eigenvalue weighted by Gasteiger charge is 2.32. The molecular weight excluding hydrogens is 441 g/mol. The van der Waals surface area contributed by atoms with E-state index in [9.17, 15) is 0 Å². The van der Waals surface area contributed by atoms with Gasteiger partial charge in [-0.1, -0.05) is 172 Å². The molecule has 0 heterocycles. The Kier molecular flexibility index (Phi) is 7.29. The molecule has 1 unspecified atom stereocenters. The van der Waals surface area contributed by atoms with Crippen LogP contribution in [0.2, 0.25) is 6.04 Å². The van der Waals surface area contributed by atoms with Crippen LogP contribution in [0.3, 0.4) is 0 Å². The highest BCUT2D eigenvalue weighted by atomic mass is 28.3. The molecule has 0 N–H and O–H groups in total. The van der Waals surface area contributed by atoms with Crippen LogP contribution < -0.4 is 20.7 Å². The molecule has 164 valence electrons. The van der Waals surface area contributed by atoms with E-state index in [1.165, 1.54) is 32.4 Å². The number of benzene rings is 5. The maximum atomic E-state index is 2.34. The van der Waals surface area contributed by atoms with E-state index in [0.29, 0.717) is 5.54 Å². The van der Waals surface area contributed by atoms with Gasteiger partial charge in [0.15, 0.2) is 0 Å². The average Bonchev–Trinajstić information content (AvgIpc) is 2.93. The first-order valence-electron chi connectivity index (χ1n) is 11.9. The Morgan fingerprint density at radius 3 is 1.09 bits per heavy atom. The molecule has 5 aromatic carbocycles. The molecule has 5 rings (SSSR count). The van der Waals surface area contributed by atoms with E-state index in [4.69, 9.17) is 0 Å². The largest absolute Gasteiger partial charge is 0.128 e. The van der Waals surface area contributed by atoms with Crippen LogP contribution in [0.4, 0.5) is 0 Å². The van der Waals surface area contributed by atoms with Crippen LogP contribution in [0.1, 0.15) is 11.1 Å². The van der Waals surface area contributed by atoms with Crippen molar-refractivity contribution in [2.75, 3.05) is 0 Å². The normalized spacial score (nSPS) is 12.1. The standard InChI is InChI=1S/C32H28Si2/c1-6-16-27(17-7-1)32(34(30-22-12-4-13-23-30)31-24-14-5-15-25-31)26-33(28-18-8-2-9-19-28)29-20-10-3-11-21-29/h1-25,32H,26H2. The summed E-state index contributed by atoms with van der Waals surface area (Å²) in [5.74, 6) is 0. The lowest BCUT2D eigenvalue weighted by Gasteiger charge is -2.30. The highest BCUT2D eigenvalue weighted by molar-refractivity contribution is 6.90. The molecule has 0 aliphatic carbocycles. The van der Waals surface area contributed by atoms with Gasteiger partial charge in [0.1, 0.15) is 17.6 Å². The molecule has 0 bridgehead atoms. The van der Waals surface area contributed by atoms with Crippen LogP contribution in [-0.2, 0) is 0 Å². The van der Waals surface area contributed by atoms with Crippen LogP contribution in [0, 0.1) is 0 Å². The van der Waals surface area contributed by atoms with E-state index < -0.39 is 17.6 Å². The fourth-order valence-electron chi connectivity index (χ4n) is 4.76. The van der Waals surface area contributed by atoms with E-state index in [-0.39, 0.29) is 0 Å². The fraction of sp³-hybridized carbons (Fsp3) is 0.0625. The molecule has 5 aromatic rings. The molecule has 0 saturated heterocycles. The highest BCUT2D eigenvalue weighted by Crippen LogP contribution is 2.25. The Hall–Kier alpha value is -3.47. The molecule has 1 atom stereocenters. The van der Waals surface area contributed by atoms with Crippen molar-refractivity contribution in [2.24, 2.45) is 0 Å². The van der Waals surface area contributed by atoms with Crippen molar-refractivity contribution < 1.29 is 0 Å². The zero-order valence-corrected chi connectivity index (χ0v) is 21.2. The van der Waals surface area contributed by atoms with Crippen molar-refractivity contribution in [2.45, 2.75) is 11.6 Å². The van der Waals surface area contributed by atoms with Gasteiger partial charge in [-0.05, 0) is 17.1 Å². The Morgan fingerprint density at radius 2 is 0.706 bits per heavy atom. The summed E-state index contributed by atoms with van der Waals surface area (Å²) in [6.07, 6.45) is 0. The minimum atomic E-state index is -1.07. The molecular formula is C32H28Si2. The van der Waals surface area contributed by atoms with Crippen molar-refractivity contribution >= 4 is 38.3 Å². The lowest BCUT2D eigenvalue weighted by atomic mass is 10.2. The SMILES string of the molecule is c1ccc(C(C[Si](c2ccccc2)c2ccccc2)[Si](c2ccccc2)c2ccccc2)cc1. The molecule has 0 aliphatic rings. The molecule has 0 nitrogen and oxygen atoms in total. The van der Waals surface area contributed by atoms with Gasteiger partial charge in [-0.25, -0.2) is 0 Å². The molecule has 2 heteroatoms. The molecule has 0 aliphatic heterocycles. The van der Waals surface area contributed by atoms with Crippen molar-refractivity contribution in [3.05, 3.63) is 157 Å². The first-order valence-corrected chi connectivity index (χ1v) is 15.2. The third-order valence-electron chi connectivity index (χ3n) is 6.37. The summed E-state index contributed by atoms with van der Waals surface area (Å²) in [6, 6.07) is 57.2. The predicted octanol–water partition coefficient (Wildman–Crippen LogP) is 4.93. The van der Waals surface area contributed by atoms with E-state index in [1.807, 2.05) is 0 Å². The van der Waals surface area contributed by atoms with Crippen LogP contribution >= 0.6 is 0 Å². The predicted molar refractivity (Wildman–Crippen MR) is 150 cm³/mol. The van der Waals surface area contributed by atoms with Gasteiger partial charge < -0.3 is 0 Å². The second kappa shape index (κ2) is 11.1. The van der Waals surface area contributed by atoms with Crippen LogP contribution in [-0.4, -0.2) is 17.6 Å². The lowest BCUT2D eigenvalue weighted by Crippen LogP contribution is -2.51. The number of hydrogen-bond donors (Lipinski definition) is 0. The van der Waals surface area contributed by atoms with Gasteiger partial charge in [0.05, 0.1) is 0 Å². The van der Waals surface area contributed by atoms with Crippen molar-refractivity contribution in [1.82, 2.24) is 0 Å². The summed E-state index contributed by atoms with van der Waals surface area (Å²) in [5, 5.41) is 5.94. The second-order valence-electron chi connectivity index (χ2n) is 8.52. The first kappa shape index (κ1) is 22.3. The molecule has 2 radical (unpaired) electrons. The van der Waals surface area contributed by atoms with E-state index in [1.54, 1.807) is 0 Å². The zero-order chi connectivity index (χ0) is 23.0. The molecule has 0 amide bonds. The molecule has 34 heavy (non-hydrogen) atoms. The first-order chi connectivity index (χ1) is 16.9. The van der Waals surface area contributed by atoms with Crippen LogP contribution in [0.15, 0.2) is 152 Å². The molecule has 0 saturated carbocycles. The second-order valence-corrected chi connectivity index (χ2v) is 13.7. The summed E-state index contributed by atoms with van der Waals surface area (Å²) >= 11 is 0. The summed E-state index contributed by atoms with van der Waals surface area (Å²) in [6.45, 7) is 0. The van der Waals surface area contributed by atoms with E-state index in [0.717, 1.165) is 0 Å². The average molecular weight is 469 g/mol. The fourth-order valence-corrected chi connectivity index (χ4v) is 11.6. The third kappa shape index (κ3) is 5.19. The zero-order valence-electron chi connectivity index (χ0n) is 19.2. The topological polar surface area (TPSA) is 0 Å². The Balaban J connectivity index is 1.66. The number of rotatable bonds is 8. The molecule has 0 spiro atoms. The smallest absolute Gasteiger partial charge is 0.0628 e. The van der Waals surface area contributed by atoms with E-state index in [2.05, 4.69) is 152 Å². The minimum Gasteiger partial charge on any atom is -0.0628 e. The molecule has 0 aromatic heterocycles. The van der Waals surface area contributed by atoms with Crippen LogP contribution in [0.5, 0.6) is 0 Å². The van der Waals surface area contributed by atoms with Gasteiger partial charge in [-0.15, -0.1) is 0 Å². The van der Waals surface area contributed by atoms with Gasteiger partial charge in [-0.3, -0.25) is 0 Å². The van der Waals surface area contributed by atoms with Crippen LogP contribution in [0.25, 0.3) is 0 Å². The van der Waals surface area contributed by atoms with Gasteiger partial charge in [0.25, 0.3) is 0 Å². The Labute approximate surface area is 206 Å². The van der Waals surface area contributed by atoms with Gasteiger partial charge in [0, 0.05) is 0 Å². The third-order valence-corrected chi connectivity index (χ3v) is 12.8. The van der Waals surface area contributed by atoms with E-state index >= 15 is 0 Å². The minimum absolute atomic E-state index is 0.463. The summed E-state index contributed by atoms with van der Waals surface area (Å²) in [7, 11) is -2.05.